The van der Waals surface area contributed by atoms with Crippen molar-refractivity contribution >= 4 is 28.8 Å². The summed E-state index contributed by atoms with van der Waals surface area (Å²) in [4.78, 5) is 0. The van der Waals surface area contributed by atoms with Crippen LogP contribution in [-0.4, -0.2) is 19.8 Å². The Hall–Kier alpha value is -2.94. The zero-order chi connectivity index (χ0) is 19.2. The molecule has 0 spiro atoms. The minimum Gasteiger partial charge on any atom is -0.396 e. The maximum absolute atomic E-state index is 9.29. The van der Waals surface area contributed by atoms with Crippen molar-refractivity contribution in [1.82, 2.24) is 0 Å². The maximum Gasteiger partial charge on any atom is 0.179 e. The van der Waals surface area contributed by atoms with Crippen molar-refractivity contribution in [2.45, 2.75) is 6.42 Å². The molecule has 0 unspecified atom stereocenters. The van der Waals surface area contributed by atoms with E-state index < -0.39 is 8.07 Å². The third-order valence-corrected chi connectivity index (χ3v) is 10.2. The van der Waals surface area contributed by atoms with Gasteiger partial charge in [0.25, 0.3) is 0 Å². The molecule has 138 valence electrons. The number of aliphatic hydroxyl groups excluding tert-OH is 1. The van der Waals surface area contributed by atoms with Gasteiger partial charge in [0.1, 0.15) is 0 Å². The van der Waals surface area contributed by atoms with Crippen LogP contribution in [0, 0.1) is 0 Å². The van der Waals surface area contributed by atoms with E-state index in [9.17, 15) is 5.11 Å². The van der Waals surface area contributed by atoms with Crippen LogP contribution in [0.3, 0.4) is 0 Å². The molecule has 0 aliphatic rings. The van der Waals surface area contributed by atoms with Crippen LogP contribution in [0.1, 0.15) is 5.56 Å². The van der Waals surface area contributed by atoms with Crippen molar-refractivity contribution in [2.24, 2.45) is 0 Å². The van der Waals surface area contributed by atoms with E-state index in [1.807, 2.05) is 0 Å². The van der Waals surface area contributed by atoms with Crippen LogP contribution in [0.2, 0.25) is 0 Å². The second-order valence-electron chi connectivity index (χ2n) is 7.02. The molecule has 0 aromatic heterocycles. The highest BCUT2D eigenvalue weighted by Crippen LogP contribution is 2.10. The minimum atomic E-state index is -2.41. The van der Waals surface area contributed by atoms with E-state index in [4.69, 9.17) is 0 Å². The SMILES string of the molecule is OCCc1ccc([Si](c2ccccc2)(c2ccccc2)c2ccccc2)cc1. The third kappa shape index (κ3) is 3.33. The van der Waals surface area contributed by atoms with E-state index in [0.29, 0.717) is 6.42 Å². The highest BCUT2D eigenvalue weighted by atomic mass is 28.3. The monoisotopic (exact) mass is 380 g/mol. The van der Waals surface area contributed by atoms with Crippen LogP contribution in [0.25, 0.3) is 0 Å². The molecule has 0 fully saturated rings. The fourth-order valence-corrected chi connectivity index (χ4v) is 8.86. The minimum absolute atomic E-state index is 0.179. The highest BCUT2D eigenvalue weighted by molar-refractivity contribution is 7.19. The van der Waals surface area contributed by atoms with E-state index in [-0.39, 0.29) is 6.61 Å². The average Bonchev–Trinajstić information content (AvgIpc) is 2.78. The molecule has 4 rings (SSSR count). The molecule has 0 saturated carbocycles. The van der Waals surface area contributed by atoms with Crippen LogP contribution in [-0.2, 0) is 6.42 Å². The molecule has 1 N–H and O–H groups in total. The van der Waals surface area contributed by atoms with Gasteiger partial charge in [-0.2, -0.15) is 0 Å². The molecule has 4 aromatic rings. The smallest absolute Gasteiger partial charge is 0.179 e. The summed E-state index contributed by atoms with van der Waals surface area (Å²) in [6.07, 6.45) is 0.691. The lowest BCUT2D eigenvalue weighted by Crippen LogP contribution is -2.74. The summed E-state index contributed by atoms with van der Waals surface area (Å²) in [6.45, 7) is 0.179. The average molecular weight is 381 g/mol. The second kappa shape index (κ2) is 8.38. The molecule has 1 nitrogen and oxygen atoms in total. The zero-order valence-electron chi connectivity index (χ0n) is 15.8. The van der Waals surface area contributed by atoms with Crippen molar-refractivity contribution in [2.75, 3.05) is 6.61 Å². The summed E-state index contributed by atoms with van der Waals surface area (Å²) in [5, 5.41) is 14.8. The van der Waals surface area contributed by atoms with Gasteiger partial charge in [-0.15, -0.1) is 0 Å². The number of hydrogen-bond donors (Lipinski definition) is 1. The Morgan fingerprint density at radius 3 is 1.18 bits per heavy atom. The molecule has 2 heteroatoms. The molecule has 0 heterocycles. The topological polar surface area (TPSA) is 20.2 Å². The summed E-state index contributed by atoms with van der Waals surface area (Å²) < 4.78 is 0. The third-order valence-electron chi connectivity index (χ3n) is 5.41. The van der Waals surface area contributed by atoms with Crippen LogP contribution in [0.4, 0.5) is 0 Å². The Labute approximate surface area is 168 Å². The molecular formula is C26H24OSi. The predicted molar refractivity (Wildman–Crippen MR) is 121 cm³/mol. The fourth-order valence-electron chi connectivity index (χ4n) is 4.11. The van der Waals surface area contributed by atoms with Gasteiger partial charge in [0.15, 0.2) is 8.07 Å². The Balaban J connectivity index is 2.04. The van der Waals surface area contributed by atoms with Crippen molar-refractivity contribution in [3.05, 3.63) is 121 Å². The highest BCUT2D eigenvalue weighted by Gasteiger charge is 2.41. The normalized spacial score (nSPS) is 11.3. The van der Waals surface area contributed by atoms with Gasteiger partial charge in [0.05, 0.1) is 0 Å². The number of rotatable bonds is 6. The van der Waals surface area contributed by atoms with Crippen LogP contribution in [0.15, 0.2) is 115 Å². The standard InChI is InChI=1S/C26H24OSi/c27-21-20-22-16-18-26(19-17-22)28(23-10-4-1-5-11-23,24-12-6-2-7-13-24)25-14-8-3-9-15-25/h1-19,27H,20-21H2. The summed E-state index contributed by atoms with van der Waals surface area (Å²) in [7, 11) is -2.41. The summed E-state index contributed by atoms with van der Waals surface area (Å²) in [5.74, 6) is 0. The van der Waals surface area contributed by atoms with E-state index in [0.717, 1.165) is 0 Å². The summed E-state index contributed by atoms with van der Waals surface area (Å²) in [5.41, 5.74) is 1.17. The Morgan fingerprint density at radius 2 is 0.821 bits per heavy atom. The zero-order valence-corrected chi connectivity index (χ0v) is 16.8. The number of benzene rings is 4. The molecule has 0 radical (unpaired) electrons. The van der Waals surface area contributed by atoms with Crippen molar-refractivity contribution < 1.29 is 5.11 Å². The lowest BCUT2D eigenvalue weighted by molar-refractivity contribution is 0.299. The van der Waals surface area contributed by atoms with Gasteiger partial charge in [-0.1, -0.05) is 115 Å². The van der Waals surface area contributed by atoms with Crippen LogP contribution in [0.5, 0.6) is 0 Å². The molecule has 0 bridgehead atoms. The van der Waals surface area contributed by atoms with Crippen molar-refractivity contribution in [3.63, 3.8) is 0 Å². The summed E-state index contributed by atoms with van der Waals surface area (Å²) >= 11 is 0. The molecule has 0 aliphatic heterocycles. The predicted octanol–water partition coefficient (Wildman–Crippen LogP) is 2.60. The van der Waals surface area contributed by atoms with Crippen LogP contribution < -0.4 is 20.7 Å². The first kappa shape index (κ1) is 18.4. The van der Waals surface area contributed by atoms with E-state index >= 15 is 0 Å². The van der Waals surface area contributed by atoms with E-state index in [1.165, 1.54) is 26.3 Å². The van der Waals surface area contributed by atoms with Crippen molar-refractivity contribution in [1.29, 1.82) is 0 Å². The first-order valence-electron chi connectivity index (χ1n) is 9.72. The maximum atomic E-state index is 9.29. The molecule has 4 aromatic carbocycles. The molecule has 0 atom stereocenters. The Bertz CT molecular complexity index is 900. The van der Waals surface area contributed by atoms with E-state index in [2.05, 4.69) is 115 Å². The molecule has 0 amide bonds. The van der Waals surface area contributed by atoms with Gasteiger partial charge in [-0.25, -0.2) is 0 Å². The number of aliphatic hydroxyl groups is 1. The van der Waals surface area contributed by atoms with E-state index in [1.54, 1.807) is 0 Å². The van der Waals surface area contributed by atoms with Crippen LogP contribution >= 0.6 is 0 Å². The largest absolute Gasteiger partial charge is 0.396 e. The van der Waals surface area contributed by atoms with Gasteiger partial charge in [0, 0.05) is 6.61 Å². The van der Waals surface area contributed by atoms with Gasteiger partial charge < -0.3 is 5.11 Å². The van der Waals surface area contributed by atoms with Gasteiger partial charge in [-0.05, 0) is 32.7 Å². The molecule has 28 heavy (non-hydrogen) atoms. The second-order valence-corrected chi connectivity index (χ2v) is 10.8. The Morgan fingerprint density at radius 1 is 0.464 bits per heavy atom. The lowest BCUT2D eigenvalue weighted by atomic mass is 10.2. The van der Waals surface area contributed by atoms with Gasteiger partial charge in [0.2, 0.25) is 0 Å². The van der Waals surface area contributed by atoms with Gasteiger partial charge >= 0.3 is 0 Å². The number of hydrogen-bond acceptors (Lipinski definition) is 1. The van der Waals surface area contributed by atoms with Crippen molar-refractivity contribution in [3.8, 4) is 0 Å². The Kier molecular flexibility index (Phi) is 5.52. The van der Waals surface area contributed by atoms with Gasteiger partial charge in [-0.3, -0.25) is 0 Å². The summed E-state index contributed by atoms with van der Waals surface area (Å²) in [6, 6.07) is 41.6. The molecule has 0 saturated heterocycles. The first-order valence-corrected chi connectivity index (χ1v) is 11.7. The first-order chi connectivity index (χ1) is 13.9. The molecular weight excluding hydrogens is 356 g/mol. The quantitative estimate of drug-likeness (QED) is 0.403. The fraction of sp³-hybridized carbons (Fsp3) is 0.0769. The molecule has 0 aliphatic carbocycles. The lowest BCUT2D eigenvalue weighted by Gasteiger charge is -2.34.